The summed E-state index contributed by atoms with van der Waals surface area (Å²) in [4.78, 5) is 0. The van der Waals surface area contributed by atoms with Gasteiger partial charge in [-0.3, -0.25) is 0 Å². The van der Waals surface area contributed by atoms with Crippen molar-refractivity contribution in [1.29, 1.82) is 0 Å². The zero-order valence-electron chi connectivity index (χ0n) is 14.4. The Morgan fingerprint density at radius 3 is 2.19 bits per heavy atom. The molecule has 1 aliphatic carbocycles. The largest absolute Gasteiger partial charge is 0.496 e. The highest BCUT2D eigenvalue weighted by Gasteiger charge is 2.40. The second kappa shape index (κ2) is 5.64. The maximum atomic E-state index is 11.2. The van der Waals surface area contributed by atoms with E-state index in [0.29, 0.717) is 11.3 Å². The summed E-state index contributed by atoms with van der Waals surface area (Å²) in [6, 6.07) is 4.18. The fraction of sp³-hybridized carbons (Fsp3) is 0.684. The highest BCUT2D eigenvalue weighted by atomic mass is 16.5. The first-order valence-electron chi connectivity index (χ1n) is 8.05. The monoisotopic (exact) mass is 290 g/mol. The van der Waals surface area contributed by atoms with Gasteiger partial charge in [-0.25, -0.2) is 0 Å². The van der Waals surface area contributed by atoms with Gasteiger partial charge in [0.15, 0.2) is 0 Å². The third-order valence-electron chi connectivity index (χ3n) is 5.17. The normalized spacial score (nSPS) is 26.7. The van der Waals surface area contributed by atoms with Gasteiger partial charge in [0.1, 0.15) is 5.75 Å². The Hall–Kier alpha value is -1.02. The number of benzene rings is 1. The second-order valence-electron chi connectivity index (χ2n) is 7.83. The Morgan fingerprint density at radius 2 is 1.71 bits per heavy atom. The number of hydrogen-bond donors (Lipinski definition) is 1. The molecule has 2 heteroatoms. The fourth-order valence-corrected chi connectivity index (χ4v) is 3.90. The lowest BCUT2D eigenvalue weighted by molar-refractivity contribution is -0.0317. The summed E-state index contributed by atoms with van der Waals surface area (Å²) in [5.41, 5.74) is 2.92. The Labute approximate surface area is 129 Å². The van der Waals surface area contributed by atoms with Gasteiger partial charge in [0.2, 0.25) is 0 Å². The zero-order chi connectivity index (χ0) is 15.8. The third kappa shape index (κ3) is 3.26. The van der Waals surface area contributed by atoms with Gasteiger partial charge in [-0.15, -0.1) is 0 Å². The Kier molecular flexibility index (Phi) is 4.39. The molecule has 0 heterocycles. The van der Waals surface area contributed by atoms with Crippen LogP contribution in [0.15, 0.2) is 12.1 Å². The van der Waals surface area contributed by atoms with Crippen LogP contribution in [-0.2, 0) is 5.60 Å². The number of rotatable bonds is 2. The topological polar surface area (TPSA) is 29.5 Å². The quantitative estimate of drug-likeness (QED) is 0.852. The van der Waals surface area contributed by atoms with Crippen molar-refractivity contribution < 1.29 is 9.84 Å². The van der Waals surface area contributed by atoms with Crippen LogP contribution in [0.3, 0.4) is 0 Å². The lowest BCUT2D eigenvalue weighted by Crippen LogP contribution is -2.36. The van der Waals surface area contributed by atoms with Crippen LogP contribution in [0.25, 0.3) is 0 Å². The predicted octanol–water partition coefficient (Wildman–Crippen LogP) is 4.74. The molecule has 1 aliphatic rings. The molecular formula is C19H30O2. The van der Waals surface area contributed by atoms with Crippen molar-refractivity contribution in [3.05, 3.63) is 28.8 Å². The minimum Gasteiger partial charge on any atom is -0.496 e. The lowest BCUT2D eigenvalue weighted by atomic mass is 9.66. The number of aryl methyl sites for hydroxylation is 2. The molecule has 0 aromatic heterocycles. The molecule has 1 aromatic carbocycles. The van der Waals surface area contributed by atoms with E-state index in [4.69, 9.17) is 4.74 Å². The smallest absolute Gasteiger partial charge is 0.125 e. The van der Waals surface area contributed by atoms with Crippen molar-refractivity contribution in [3.63, 3.8) is 0 Å². The molecule has 0 saturated heterocycles. The minimum atomic E-state index is -0.731. The van der Waals surface area contributed by atoms with E-state index < -0.39 is 5.60 Å². The Bertz CT molecular complexity index is 503. The van der Waals surface area contributed by atoms with Gasteiger partial charge in [0.05, 0.1) is 12.7 Å². The van der Waals surface area contributed by atoms with Gasteiger partial charge in [0, 0.05) is 5.56 Å². The minimum absolute atomic E-state index is 0.327. The van der Waals surface area contributed by atoms with Crippen LogP contribution in [0.5, 0.6) is 5.75 Å². The van der Waals surface area contributed by atoms with Crippen LogP contribution >= 0.6 is 0 Å². The van der Waals surface area contributed by atoms with Crippen molar-refractivity contribution >= 4 is 0 Å². The van der Waals surface area contributed by atoms with Crippen molar-refractivity contribution in [2.45, 2.75) is 65.9 Å². The highest BCUT2D eigenvalue weighted by molar-refractivity contribution is 5.46. The van der Waals surface area contributed by atoms with E-state index in [-0.39, 0.29) is 0 Å². The maximum Gasteiger partial charge on any atom is 0.125 e. The van der Waals surface area contributed by atoms with Gasteiger partial charge >= 0.3 is 0 Å². The van der Waals surface area contributed by atoms with Gasteiger partial charge in [-0.05, 0) is 68.1 Å². The maximum absolute atomic E-state index is 11.2. The molecule has 1 fully saturated rings. The summed E-state index contributed by atoms with van der Waals surface area (Å²) in [7, 11) is 1.70. The van der Waals surface area contributed by atoms with Crippen molar-refractivity contribution in [3.8, 4) is 5.75 Å². The molecule has 0 unspecified atom stereocenters. The van der Waals surface area contributed by atoms with Crippen molar-refractivity contribution in [2.75, 3.05) is 7.11 Å². The first-order chi connectivity index (χ1) is 9.67. The van der Waals surface area contributed by atoms with Crippen LogP contribution in [-0.4, -0.2) is 12.2 Å². The first-order valence-corrected chi connectivity index (χ1v) is 8.05. The van der Waals surface area contributed by atoms with Crippen LogP contribution in [0, 0.1) is 25.2 Å². The molecule has 0 bridgehead atoms. The summed E-state index contributed by atoms with van der Waals surface area (Å²) < 4.78 is 5.56. The molecule has 0 radical (unpaired) electrons. The lowest BCUT2D eigenvalue weighted by Gasteiger charge is -2.42. The Balaban J connectivity index is 2.31. The number of ether oxygens (including phenoxy) is 1. The molecule has 118 valence electrons. The summed E-state index contributed by atoms with van der Waals surface area (Å²) in [5.74, 6) is 1.53. The molecule has 0 aliphatic heterocycles. The van der Waals surface area contributed by atoms with E-state index in [1.54, 1.807) is 7.11 Å². The summed E-state index contributed by atoms with van der Waals surface area (Å²) in [6.07, 6.45) is 3.82. The van der Waals surface area contributed by atoms with Crippen LogP contribution < -0.4 is 4.74 Å². The number of hydrogen-bond acceptors (Lipinski definition) is 2. The van der Waals surface area contributed by atoms with E-state index in [2.05, 4.69) is 40.7 Å². The molecule has 2 rings (SSSR count). The molecule has 0 amide bonds. The Morgan fingerprint density at radius 1 is 1.14 bits per heavy atom. The van der Waals surface area contributed by atoms with Gasteiger partial charge in [-0.1, -0.05) is 26.8 Å². The molecule has 1 saturated carbocycles. The second-order valence-corrected chi connectivity index (χ2v) is 7.83. The molecule has 0 spiro atoms. The SMILES string of the molecule is COc1cc(C)cc(C)c1C1(O)CCC(C(C)(C)C)CC1. The molecule has 1 aromatic rings. The zero-order valence-corrected chi connectivity index (χ0v) is 14.4. The number of aliphatic hydroxyl groups is 1. The first kappa shape index (κ1) is 16.4. The van der Waals surface area contributed by atoms with E-state index in [1.165, 1.54) is 5.56 Å². The molecule has 2 nitrogen and oxygen atoms in total. The standard InChI is InChI=1S/C19H30O2/c1-13-11-14(2)17(16(12-13)21-6)19(20)9-7-15(8-10-19)18(3,4)5/h11-12,15,20H,7-10H2,1-6H3. The molecule has 0 atom stereocenters. The highest BCUT2D eigenvalue weighted by Crippen LogP contribution is 2.48. The summed E-state index contributed by atoms with van der Waals surface area (Å²) >= 11 is 0. The van der Waals surface area contributed by atoms with Gasteiger partial charge < -0.3 is 9.84 Å². The van der Waals surface area contributed by atoms with Gasteiger partial charge in [-0.2, -0.15) is 0 Å². The van der Waals surface area contributed by atoms with Crippen LogP contribution in [0.1, 0.15) is 63.1 Å². The molecule has 21 heavy (non-hydrogen) atoms. The van der Waals surface area contributed by atoms with Crippen molar-refractivity contribution in [2.24, 2.45) is 11.3 Å². The van der Waals surface area contributed by atoms with Crippen molar-refractivity contribution in [1.82, 2.24) is 0 Å². The third-order valence-corrected chi connectivity index (χ3v) is 5.17. The number of methoxy groups -OCH3 is 1. The van der Waals surface area contributed by atoms with Crippen LogP contribution in [0.2, 0.25) is 0 Å². The summed E-state index contributed by atoms with van der Waals surface area (Å²) in [5, 5.41) is 11.2. The van der Waals surface area contributed by atoms with E-state index in [0.717, 1.165) is 42.6 Å². The average molecular weight is 290 g/mol. The van der Waals surface area contributed by atoms with E-state index >= 15 is 0 Å². The van der Waals surface area contributed by atoms with Crippen LogP contribution in [0.4, 0.5) is 0 Å². The van der Waals surface area contributed by atoms with Gasteiger partial charge in [0.25, 0.3) is 0 Å². The molecule has 1 N–H and O–H groups in total. The predicted molar refractivity (Wildman–Crippen MR) is 87.8 cm³/mol. The average Bonchev–Trinajstić information content (AvgIpc) is 2.36. The fourth-order valence-electron chi connectivity index (χ4n) is 3.90. The van der Waals surface area contributed by atoms with E-state index in [1.807, 2.05) is 6.07 Å². The van der Waals surface area contributed by atoms with E-state index in [9.17, 15) is 5.11 Å². The molecular weight excluding hydrogens is 260 g/mol. The summed E-state index contributed by atoms with van der Waals surface area (Å²) in [6.45, 7) is 11.1.